The maximum absolute atomic E-state index is 13.1. The van der Waals surface area contributed by atoms with Crippen molar-refractivity contribution in [3.8, 4) is 0 Å². The molecule has 0 radical (unpaired) electrons. The Morgan fingerprint density at radius 2 is 0.491 bits per heavy atom. The Labute approximate surface area is 646 Å². The molecule has 0 aliphatic rings. The van der Waals surface area contributed by atoms with Crippen LogP contribution in [-0.2, 0) is 65.4 Å². The molecule has 0 aliphatic carbocycles. The Morgan fingerprint density at radius 3 is 0.764 bits per heavy atom. The van der Waals surface area contributed by atoms with Gasteiger partial charge in [0.25, 0.3) is 0 Å². The molecule has 0 heterocycles. The summed E-state index contributed by atoms with van der Waals surface area (Å²) in [5.41, 5.74) is 0. The number of phosphoric acid groups is 2. The molecular weight excluding hydrogens is 1380 g/mol. The number of ether oxygens (including phenoxy) is 4. The van der Waals surface area contributed by atoms with Crippen LogP contribution in [0.3, 0.4) is 0 Å². The first kappa shape index (κ1) is 102. The molecule has 0 aliphatic heterocycles. The minimum absolute atomic E-state index is 0.0804. The lowest BCUT2D eigenvalue weighted by atomic mass is 10.0. The zero-order valence-electron chi connectivity index (χ0n) is 67.3. The van der Waals surface area contributed by atoms with Crippen molar-refractivity contribution >= 4 is 39.5 Å². The summed E-state index contributed by atoms with van der Waals surface area (Å²) in [5.74, 6) is -2.18. The smallest absolute Gasteiger partial charge is 0.462 e. The number of allylic oxidation sites excluding steroid dienone is 16. The fraction of sp³-hybridized carbons (Fsp3) is 0.770. The SMILES string of the molecule is CC/C=C\C/C=C\C/C=C\C/C=C\CCCCCCCCC(=O)OCC(COP(=O)(O)OCC(O)COP(=O)(O)OCC(COC(=O)CCCCCCC/C=C\CCCCCCCC)OC(=O)CCCCCCCCCCCCCCCCC)OC(=O)CCCCCCCCC/C=C\C/C=C\C/C=C\CC. The highest BCUT2D eigenvalue weighted by molar-refractivity contribution is 7.47. The molecule has 0 fully saturated rings. The minimum Gasteiger partial charge on any atom is -0.462 e. The van der Waals surface area contributed by atoms with Gasteiger partial charge < -0.3 is 33.8 Å². The summed E-state index contributed by atoms with van der Waals surface area (Å²) in [6.45, 7) is 4.69. The molecule has 614 valence electrons. The highest BCUT2D eigenvalue weighted by Gasteiger charge is 2.30. The van der Waals surface area contributed by atoms with E-state index in [1.54, 1.807) is 0 Å². The molecule has 0 rings (SSSR count). The average Bonchev–Trinajstić information content (AvgIpc) is 0.902. The first-order valence-corrected chi connectivity index (χ1v) is 45.5. The molecule has 5 atom stereocenters. The molecule has 0 bridgehead atoms. The molecule has 0 spiro atoms. The van der Waals surface area contributed by atoms with E-state index < -0.39 is 97.5 Å². The largest absolute Gasteiger partial charge is 0.472 e. The standard InChI is InChI=1S/C87H154O17P2/c1-5-9-13-17-21-25-29-33-37-39-40-42-45-48-52-56-60-64-68-72-85(90)98-78-83(104-87(92)74-70-66-62-58-54-50-46-41-38-34-30-26-22-18-14-10-6-2)80-102-106(95,96)100-76-81(88)75-99-105(93,94)101-79-82(103-86(91)73-69-65-61-57-53-49-44-36-32-28-24-20-16-12-8-4)77-97-84(89)71-67-63-59-55-51-47-43-35-31-27-23-19-15-11-7-3/h9-10,13-14,21-22,25-26,33-35,37-38,40,42-43,81-83,88H,5-8,11-12,15-20,23-24,27-32,36,39,41,44-80H2,1-4H3,(H,93,94)(H,95,96)/b13-9-,14-10-,25-21-,26-22-,37-33-,38-34-,42-40-,43-35-. The average molecular weight is 1530 g/mol. The van der Waals surface area contributed by atoms with Gasteiger partial charge in [-0.05, 0) is 122 Å². The summed E-state index contributed by atoms with van der Waals surface area (Å²) in [6, 6.07) is 0. The Balaban J connectivity index is 5.37. The Kier molecular flexibility index (Phi) is 76.1. The van der Waals surface area contributed by atoms with Crippen LogP contribution in [0.2, 0.25) is 0 Å². The maximum atomic E-state index is 13.1. The van der Waals surface area contributed by atoms with E-state index in [0.717, 1.165) is 193 Å². The molecule has 19 heteroatoms. The van der Waals surface area contributed by atoms with Crippen LogP contribution in [0, 0.1) is 0 Å². The van der Waals surface area contributed by atoms with E-state index in [-0.39, 0.29) is 25.7 Å². The van der Waals surface area contributed by atoms with Gasteiger partial charge in [-0.3, -0.25) is 37.3 Å². The molecular formula is C87H154O17P2. The van der Waals surface area contributed by atoms with Gasteiger partial charge in [0.15, 0.2) is 12.2 Å². The second-order valence-electron chi connectivity index (χ2n) is 28.4. The summed E-state index contributed by atoms with van der Waals surface area (Å²) >= 11 is 0. The molecule has 0 aromatic heterocycles. The highest BCUT2D eigenvalue weighted by Crippen LogP contribution is 2.45. The number of hydrogen-bond acceptors (Lipinski definition) is 15. The Bertz CT molecular complexity index is 2380. The van der Waals surface area contributed by atoms with E-state index in [9.17, 15) is 43.2 Å². The van der Waals surface area contributed by atoms with Crippen LogP contribution in [0.5, 0.6) is 0 Å². The van der Waals surface area contributed by atoms with Gasteiger partial charge in [-0.25, -0.2) is 9.13 Å². The summed E-state index contributed by atoms with van der Waals surface area (Å²) < 4.78 is 68.8. The summed E-state index contributed by atoms with van der Waals surface area (Å²) in [7, 11) is -9.96. The molecule has 17 nitrogen and oxygen atoms in total. The predicted octanol–water partition coefficient (Wildman–Crippen LogP) is 25.1. The van der Waals surface area contributed by atoms with E-state index in [1.807, 2.05) is 0 Å². The summed E-state index contributed by atoms with van der Waals surface area (Å²) in [5, 5.41) is 10.7. The van der Waals surface area contributed by atoms with Crippen molar-refractivity contribution in [2.45, 2.75) is 393 Å². The number of aliphatic hydroxyl groups is 1. The van der Waals surface area contributed by atoms with Gasteiger partial charge in [0.2, 0.25) is 0 Å². The number of aliphatic hydroxyl groups excluding tert-OH is 1. The number of rotatable bonds is 80. The predicted molar refractivity (Wildman–Crippen MR) is 436 cm³/mol. The van der Waals surface area contributed by atoms with Crippen molar-refractivity contribution in [2.24, 2.45) is 0 Å². The Hall–Kier alpha value is -4.02. The zero-order chi connectivity index (χ0) is 77.4. The van der Waals surface area contributed by atoms with Gasteiger partial charge in [0, 0.05) is 25.7 Å². The topological polar surface area (TPSA) is 237 Å². The van der Waals surface area contributed by atoms with Gasteiger partial charge in [-0.2, -0.15) is 0 Å². The first-order valence-electron chi connectivity index (χ1n) is 42.5. The van der Waals surface area contributed by atoms with Crippen LogP contribution in [-0.4, -0.2) is 96.7 Å². The molecule has 0 saturated heterocycles. The second kappa shape index (κ2) is 79.1. The van der Waals surface area contributed by atoms with Crippen LogP contribution < -0.4 is 0 Å². The van der Waals surface area contributed by atoms with E-state index in [4.69, 9.17) is 37.0 Å². The van der Waals surface area contributed by atoms with Gasteiger partial charge >= 0.3 is 39.5 Å². The van der Waals surface area contributed by atoms with Crippen molar-refractivity contribution in [2.75, 3.05) is 39.6 Å². The van der Waals surface area contributed by atoms with E-state index in [2.05, 4.69) is 125 Å². The number of carbonyl (C=O) groups excluding carboxylic acids is 4. The minimum atomic E-state index is -4.99. The van der Waals surface area contributed by atoms with Crippen LogP contribution in [0.15, 0.2) is 97.2 Å². The lowest BCUT2D eigenvalue weighted by Gasteiger charge is -2.21. The third-order valence-electron chi connectivity index (χ3n) is 18.0. The lowest BCUT2D eigenvalue weighted by Crippen LogP contribution is -2.30. The quantitative estimate of drug-likeness (QED) is 0.0169. The molecule has 0 saturated carbocycles. The lowest BCUT2D eigenvalue weighted by molar-refractivity contribution is -0.161. The van der Waals surface area contributed by atoms with Crippen LogP contribution in [0.25, 0.3) is 0 Å². The van der Waals surface area contributed by atoms with E-state index in [0.29, 0.717) is 25.7 Å². The van der Waals surface area contributed by atoms with Crippen molar-refractivity contribution in [3.63, 3.8) is 0 Å². The van der Waals surface area contributed by atoms with Gasteiger partial charge in [-0.15, -0.1) is 0 Å². The van der Waals surface area contributed by atoms with Crippen LogP contribution in [0.1, 0.15) is 374 Å². The number of unbranched alkanes of at least 4 members (excludes halogenated alkanes) is 38. The van der Waals surface area contributed by atoms with Crippen molar-refractivity contribution < 1.29 is 80.2 Å². The first-order chi connectivity index (χ1) is 51.7. The van der Waals surface area contributed by atoms with Gasteiger partial charge in [0.1, 0.15) is 19.3 Å². The third kappa shape index (κ3) is 78.1. The fourth-order valence-corrected chi connectivity index (χ4v) is 13.2. The van der Waals surface area contributed by atoms with E-state index >= 15 is 0 Å². The second-order valence-corrected chi connectivity index (χ2v) is 31.3. The number of hydrogen-bond donors (Lipinski definition) is 3. The fourth-order valence-electron chi connectivity index (χ4n) is 11.6. The molecule has 106 heavy (non-hydrogen) atoms. The monoisotopic (exact) mass is 1530 g/mol. The number of phosphoric ester groups is 2. The number of esters is 4. The van der Waals surface area contributed by atoms with Crippen molar-refractivity contribution in [3.05, 3.63) is 97.2 Å². The van der Waals surface area contributed by atoms with E-state index in [1.165, 1.54) is 103 Å². The van der Waals surface area contributed by atoms with Gasteiger partial charge in [0.05, 0.1) is 26.4 Å². The number of carbonyl (C=O) groups is 4. The molecule has 5 unspecified atom stereocenters. The molecule has 0 aromatic rings. The van der Waals surface area contributed by atoms with Crippen LogP contribution >= 0.6 is 15.6 Å². The zero-order valence-corrected chi connectivity index (χ0v) is 69.1. The van der Waals surface area contributed by atoms with Crippen molar-refractivity contribution in [1.29, 1.82) is 0 Å². The summed E-state index contributed by atoms with van der Waals surface area (Å²) in [6.07, 6.45) is 85.0. The normalized spacial score (nSPS) is 14.3. The maximum Gasteiger partial charge on any atom is 0.472 e. The summed E-state index contributed by atoms with van der Waals surface area (Å²) in [4.78, 5) is 73.2. The highest BCUT2D eigenvalue weighted by atomic mass is 31.2. The van der Waals surface area contributed by atoms with Crippen LogP contribution in [0.4, 0.5) is 0 Å². The van der Waals surface area contributed by atoms with Gasteiger partial charge in [-0.1, -0.05) is 324 Å². The molecule has 0 aromatic carbocycles. The Morgan fingerprint density at radius 1 is 0.274 bits per heavy atom. The molecule has 3 N–H and O–H groups in total. The van der Waals surface area contributed by atoms with Crippen molar-refractivity contribution in [1.82, 2.24) is 0 Å². The third-order valence-corrected chi connectivity index (χ3v) is 19.9. The molecule has 0 amide bonds.